The van der Waals surface area contributed by atoms with Gasteiger partial charge in [-0.3, -0.25) is 9.59 Å². The lowest BCUT2D eigenvalue weighted by Gasteiger charge is -2.17. The molecule has 0 fully saturated rings. The molecule has 1 aromatic heterocycles. The summed E-state index contributed by atoms with van der Waals surface area (Å²) in [5, 5.41) is 24.2. The molecule has 0 saturated heterocycles. The number of aryl methyl sites for hydroxylation is 1. The molecule has 0 saturated carbocycles. The Hall–Kier alpha value is -5.00. The smallest absolute Gasteiger partial charge is 0.336 e. The van der Waals surface area contributed by atoms with Crippen LogP contribution in [0.4, 0.5) is 10.8 Å². The van der Waals surface area contributed by atoms with E-state index in [2.05, 4.69) is 15.6 Å². The second kappa shape index (κ2) is 12.2. The van der Waals surface area contributed by atoms with Crippen molar-refractivity contribution in [3.8, 4) is 0 Å². The van der Waals surface area contributed by atoms with E-state index in [0.29, 0.717) is 15.7 Å². The largest absolute Gasteiger partial charge is 0.478 e. The molecule has 0 aliphatic carbocycles. The maximum Gasteiger partial charge on any atom is 0.336 e. The van der Waals surface area contributed by atoms with Crippen LogP contribution in [0.25, 0.3) is 10.2 Å². The zero-order valence-electron chi connectivity index (χ0n) is 22.0. The SMILES string of the molecule is Cc1ccc2nc(NC(=O)C(Sc3cccc(NC(=O)c4ccc(C(=O)O)cc4C(=O)O)c3)c3ccccc3)sc2c1. The number of hydrogen-bond acceptors (Lipinski definition) is 7. The minimum Gasteiger partial charge on any atom is -0.478 e. The third-order valence-electron chi connectivity index (χ3n) is 6.20. The quantitative estimate of drug-likeness (QED) is 0.137. The molecule has 5 rings (SSSR count). The van der Waals surface area contributed by atoms with Gasteiger partial charge >= 0.3 is 11.9 Å². The Morgan fingerprint density at radius 2 is 1.60 bits per heavy atom. The van der Waals surface area contributed by atoms with E-state index in [1.54, 1.807) is 24.3 Å². The van der Waals surface area contributed by atoms with Crippen LogP contribution in [0, 0.1) is 6.92 Å². The Kier molecular flexibility index (Phi) is 8.32. The Morgan fingerprint density at radius 1 is 0.810 bits per heavy atom. The molecule has 5 aromatic rings. The molecule has 0 spiro atoms. The summed E-state index contributed by atoms with van der Waals surface area (Å²) in [6, 6.07) is 25.3. The van der Waals surface area contributed by atoms with Crippen molar-refractivity contribution in [1.82, 2.24) is 4.98 Å². The Bertz CT molecular complexity index is 1840. The first-order valence-corrected chi connectivity index (χ1v) is 14.3. The fourth-order valence-electron chi connectivity index (χ4n) is 4.19. The molecule has 11 heteroatoms. The van der Waals surface area contributed by atoms with E-state index in [-0.39, 0.29) is 17.0 Å². The highest BCUT2D eigenvalue weighted by molar-refractivity contribution is 8.00. The van der Waals surface area contributed by atoms with Crippen molar-refractivity contribution >= 4 is 67.9 Å². The van der Waals surface area contributed by atoms with Gasteiger partial charge in [0, 0.05) is 10.6 Å². The topological polar surface area (TPSA) is 146 Å². The fraction of sp³-hybridized carbons (Fsp3) is 0.0645. The molecule has 1 unspecified atom stereocenters. The number of anilines is 2. The number of hydrogen-bond donors (Lipinski definition) is 4. The van der Waals surface area contributed by atoms with Crippen LogP contribution in [0.1, 0.15) is 47.5 Å². The maximum atomic E-state index is 13.6. The summed E-state index contributed by atoms with van der Waals surface area (Å²) in [4.78, 5) is 54.7. The van der Waals surface area contributed by atoms with E-state index < -0.39 is 28.7 Å². The van der Waals surface area contributed by atoms with Crippen LogP contribution in [-0.4, -0.2) is 39.0 Å². The van der Waals surface area contributed by atoms with Crippen molar-refractivity contribution in [2.45, 2.75) is 17.1 Å². The van der Waals surface area contributed by atoms with Crippen molar-refractivity contribution in [3.05, 3.63) is 119 Å². The van der Waals surface area contributed by atoms with Crippen LogP contribution < -0.4 is 10.6 Å². The number of aromatic nitrogens is 1. The number of carboxylic acid groups (broad SMARTS) is 2. The summed E-state index contributed by atoms with van der Waals surface area (Å²) in [5.74, 6) is -3.70. The van der Waals surface area contributed by atoms with E-state index in [0.717, 1.165) is 27.4 Å². The molecule has 4 N–H and O–H groups in total. The maximum absolute atomic E-state index is 13.6. The molecule has 4 aromatic carbocycles. The highest BCUT2D eigenvalue weighted by atomic mass is 32.2. The first-order chi connectivity index (χ1) is 20.2. The zero-order valence-corrected chi connectivity index (χ0v) is 23.7. The van der Waals surface area contributed by atoms with Crippen LogP contribution in [-0.2, 0) is 4.79 Å². The van der Waals surface area contributed by atoms with Crippen molar-refractivity contribution in [1.29, 1.82) is 0 Å². The minimum absolute atomic E-state index is 0.182. The first-order valence-electron chi connectivity index (χ1n) is 12.6. The molecule has 0 aliphatic rings. The van der Waals surface area contributed by atoms with Gasteiger partial charge in [0.25, 0.3) is 5.91 Å². The molecule has 1 heterocycles. The van der Waals surface area contributed by atoms with Crippen molar-refractivity contribution in [2.75, 3.05) is 10.6 Å². The Morgan fingerprint density at radius 3 is 2.33 bits per heavy atom. The average molecular weight is 598 g/mol. The number of fused-ring (bicyclic) bond motifs is 1. The van der Waals surface area contributed by atoms with E-state index in [4.69, 9.17) is 0 Å². The number of carbonyl (C=O) groups excluding carboxylic acids is 2. The molecule has 2 amide bonds. The number of carbonyl (C=O) groups is 4. The van der Waals surface area contributed by atoms with E-state index in [1.165, 1.54) is 35.2 Å². The molecule has 210 valence electrons. The summed E-state index contributed by atoms with van der Waals surface area (Å²) < 4.78 is 0.973. The van der Waals surface area contributed by atoms with Gasteiger partial charge in [0.1, 0.15) is 5.25 Å². The number of rotatable bonds is 9. The number of benzene rings is 4. The zero-order chi connectivity index (χ0) is 29.8. The fourth-order valence-corrected chi connectivity index (χ4v) is 6.24. The van der Waals surface area contributed by atoms with E-state index >= 15 is 0 Å². The molecule has 0 radical (unpaired) electrons. The number of thiazole rings is 1. The monoisotopic (exact) mass is 597 g/mol. The van der Waals surface area contributed by atoms with Gasteiger partial charge in [-0.2, -0.15) is 0 Å². The highest BCUT2D eigenvalue weighted by Crippen LogP contribution is 2.38. The average Bonchev–Trinajstić information content (AvgIpc) is 3.37. The predicted octanol–water partition coefficient (Wildman–Crippen LogP) is 6.73. The summed E-state index contributed by atoms with van der Waals surface area (Å²) in [5.41, 5.74) is 2.20. The summed E-state index contributed by atoms with van der Waals surface area (Å²) in [7, 11) is 0. The highest BCUT2D eigenvalue weighted by Gasteiger charge is 2.24. The second-order valence-electron chi connectivity index (χ2n) is 9.24. The predicted molar refractivity (Wildman–Crippen MR) is 163 cm³/mol. The summed E-state index contributed by atoms with van der Waals surface area (Å²) in [6.07, 6.45) is 0. The number of nitrogens with zero attached hydrogens (tertiary/aromatic N) is 1. The first kappa shape index (κ1) is 28.5. The lowest BCUT2D eigenvalue weighted by Crippen LogP contribution is -2.19. The van der Waals surface area contributed by atoms with E-state index in [1.807, 2.05) is 55.5 Å². The Balaban J connectivity index is 1.37. The summed E-state index contributed by atoms with van der Waals surface area (Å²) >= 11 is 2.68. The number of amides is 2. The lowest BCUT2D eigenvalue weighted by atomic mass is 10.0. The lowest BCUT2D eigenvalue weighted by molar-refractivity contribution is -0.115. The number of thioether (sulfide) groups is 1. The van der Waals surface area contributed by atoms with Gasteiger partial charge in [0.05, 0.1) is 26.9 Å². The van der Waals surface area contributed by atoms with Crippen molar-refractivity contribution in [3.63, 3.8) is 0 Å². The number of carboxylic acids is 2. The van der Waals surface area contributed by atoms with Gasteiger partial charge in [0.2, 0.25) is 5.91 Å². The van der Waals surface area contributed by atoms with Gasteiger partial charge < -0.3 is 20.8 Å². The van der Waals surface area contributed by atoms with Gasteiger partial charge in [-0.25, -0.2) is 14.6 Å². The molecule has 42 heavy (non-hydrogen) atoms. The van der Waals surface area contributed by atoms with Gasteiger partial charge in [-0.05, 0) is 66.6 Å². The minimum atomic E-state index is -1.42. The molecule has 0 aliphatic heterocycles. The van der Waals surface area contributed by atoms with Gasteiger partial charge in [-0.15, -0.1) is 11.8 Å². The summed E-state index contributed by atoms with van der Waals surface area (Å²) in [6.45, 7) is 2.00. The van der Waals surface area contributed by atoms with Crippen LogP contribution in [0.5, 0.6) is 0 Å². The van der Waals surface area contributed by atoms with Gasteiger partial charge in [-0.1, -0.05) is 53.8 Å². The molecule has 0 bridgehead atoms. The van der Waals surface area contributed by atoms with Gasteiger partial charge in [0.15, 0.2) is 5.13 Å². The van der Waals surface area contributed by atoms with Crippen molar-refractivity contribution < 1.29 is 29.4 Å². The van der Waals surface area contributed by atoms with Crippen LogP contribution in [0.3, 0.4) is 0 Å². The van der Waals surface area contributed by atoms with E-state index in [9.17, 15) is 29.4 Å². The van der Waals surface area contributed by atoms with Crippen LogP contribution >= 0.6 is 23.1 Å². The Labute approximate surface area is 248 Å². The molecular formula is C31H23N3O6S2. The third-order valence-corrected chi connectivity index (χ3v) is 8.38. The molecule has 1 atom stereocenters. The number of nitrogens with one attached hydrogen (secondary N) is 2. The normalized spacial score (nSPS) is 11.5. The van der Waals surface area contributed by atoms with Crippen LogP contribution in [0.15, 0.2) is 95.9 Å². The molecular weight excluding hydrogens is 574 g/mol. The second-order valence-corrected chi connectivity index (χ2v) is 11.4. The standard InChI is InChI=1S/C31H23N3O6S2/c1-17-10-13-24-25(14-17)42-31(33-24)34-28(36)26(18-6-3-2-4-7-18)41-21-9-5-8-20(16-21)32-27(35)22-12-11-19(29(37)38)15-23(22)30(39)40/h2-16,26H,1H3,(H,32,35)(H,37,38)(H,39,40)(H,33,34,36). The third kappa shape index (κ3) is 6.48. The van der Waals surface area contributed by atoms with Crippen LogP contribution in [0.2, 0.25) is 0 Å². The number of aromatic carboxylic acids is 2. The van der Waals surface area contributed by atoms with Crippen molar-refractivity contribution in [2.24, 2.45) is 0 Å². The molecule has 9 nitrogen and oxygen atoms in total.